The number of hydrogen-bond donors (Lipinski definition) is 2. The van der Waals surface area contributed by atoms with Gasteiger partial charge in [0.1, 0.15) is 5.54 Å². The minimum absolute atomic E-state index is 0.576. The molecular weight excluding hydrogens is 198 g/mol. The van der Waals surface area contributed by atoms with E-state index in [-0.39, 0.29) is 0 Å². The van der Waals surface area contributed by atoms with Crippen LogP contribution in [0.15, 0.2) is 16.8 Å². The standard InChI is InChI=1S/C10H15NO2S/c1-3-10(2,9(12)13)11-6-8-4-5-14-7-8/h4-5,7,11H,3,6H2,1-2H3,(H,12,13). The monoisotopic (exact) mass is 213 g/mol. The van der Waals surface area contributed by atoms with Gasteiger partial charge in [-0.25, -0.2) is 0 Å². The van der Waals surface area contributed by atoms with Crippen molar-refractivity contribution in [3.8, 4) is 0 Å². The Morgan fingerprint density at radius 3 is 2.86 bits per heavy atom. The molecule has 1 unspecified atom stereocenters. The van der Waals surface area contributed by atoms with Gasteiger partial charge in [0.25, 0.3) is 0 Å². The largest absolute Gasteiger partial charge is 0.480 e. The number of aliphatic carboxylic acids is 1. The molecule has 14 heavy (non-hydrogen) atoms. The first-order chi connectivity index (χ1) is 6.58. The average molecular weight is 213 g/mol. The van der Waals surface area contributed by atoms with E-state index in [1.54, 1.807) is 18.3 Å². The van der Waals surface area contributed by atoms with Crippen molar-refractivity contribution < 1.29 is 9.90 Å². The number of carbonyl (C=O) groups is 1. The SMILES string of the molecule is CCC(C)(NCc1ccsc1)C(=O)O. The first-order valence-electron chi connectivity index (χ1n) is 4.58. The third-order valence-corrected chi connectivity index (χ3v) is 3.17. The van der Waals surface area contributed by atoms with Crippen molar-refractivity contribution in [3.63, 3.8) is 0 Å². The van der Waals surface area contributed by atoms with Crippen LogP contribution in [0.25, 0.3) is 0 Å². The van der Waals surface area contributed by atoms with Crippen LogP contribution >= 0.6 is 11.3 Å². The van der Waals surface area contributed by atoms with Gasteiger partial charge in [-0.3, -0.25) is 10.1 Å². The van der Waals surface area contributed by atoms with Crippen molar-refractivity contribution in [1.82, 2.24) is 5.32 Å². The fourth-order valence-corrected chi connectivity index (χ4v) is 1.71. The normalized spacial score (nSPS) is 15.0. The van der Waals surface area contributed by atoms with Crippen LogP contribution in [0.5, 0.6) is 0 Å². The van der Waals surface area contributed by atoms with Gasteiger partial charge in [-0.15, -0.1) is 0 Å². The van der Waals surface area contributed by atoms with Crippen LogP contribution in [0.3, 0.4) is 0 Å². The molecule has 0 fully saturated rings. The third kappa shape index (κ3) is 2.56. The Hall–Kier alpha value is -0.870. The van der Waals surface area contributed by atoms with Crippen molar-refractivity contribution >= 4 is 17.3 Å². The quantitative estimate of drug-likeness (QED) is 0.787. The van der Waals surface area contributed by atoms with Crippen molar-refractivity contribution in [2.75, 3.05) is 0 Å². The Kier molecular flexibility index (Phi) is 3.66. The predicted molar refractivity (Wildman–Crippen MR) is 57.5 cm³/mol. The highest BCUT2D eigenvalue weighted by Gasteiger charge is 2.29. The van der Waals surface area contributed by atoms with E-state index in [1.165, 1.54) is 0 Å². The van der Waals surface area contributed by atoms with E-state index < -0.39 is 11.5 Å². The van der Waals surface area contributed by atoms with Crippen LogP contribution in [-0.2, 0) is 11.3 Å². The number of carboxylic acids is 1. The molecule has 0 aliphatic carbocycles. The topological polar surface area (TPSA) is 49.3 Å². The molecular formula is C10H15NO2S. The lowest BCUT2D eigenvalue weighted by molar-refractivity contribution is -0.144. The number of hydrogen-bond acceptors (Lipinski definition) is 3. The zero-order valence-corrected chi connectivity index (χ0v) is 9.23. The van der Waals surface area contributed by atoms with Gasteiger partial charge in [0, 0.05) is 6.54 Å². The number of thiophene rings is 1. The summed E-state index contributed by atoms with van der Waals surface area (Å²) in [6, 6.07) is 2.00. The Labute approximate surface area is 87.8 Å². The molecule has 0 aromatic carbocycles. The highest BCUT2D eigenvalue weighted by atomic mass is 32.1. The zero-order valence-electron chi connectivity index (χ0n) is 8.41. The molecule has 0 bridgehead atoms. The Morgan fingerprint density at radius 2 is 2.43 bits per heavy atom. The minimum Gasteiger partial charge on any atom is -0.480 e. The van der Waals surface area contributed by atoms with Gasteiger partial charge in [-0.2, -0.15) is 11.3 Å². The summed E-state index contributed by atoms with van der Waals surface area (Å²) < 4.78 is 0. The van der Waals surface area contributed by atoms with E-state index in [4.69, 9.17) is 5.11 Å². The fourth-order valence-electron chi connectivity index (χ4n) is 1.04. The molecule has 0 radical (unpaired) electrons. The van der Waals surface area contributed by atoms with Crippen LogP contribution in [0.2, 0.25) is 0 Å². The van der Waals surface area contributed by atoms with Gasteiger partial charge in [-0.1, -0.05) is 6.92 Å². The second-order valence-electron chi connectivity index (χ2n) is 3.48. The maximum Gasteiger partial charge on any atom is 0.323 e. The molecule has 0 amide bonds. The van der Waals surface area contributed by atoms with Crippen molar-refractivity contribution in [1.29, 1.82) is 0 Å². The summed E-state index contributed by atoms with van der Waals surface area (Å²) in [5, 5.41) is 16.1. The molecule has 2 N–H and O–H groups in total. The van der Waals surface area contributed by atoms with Crippen LogP contribution in [-0.4, -0.2) is 16.6 Å². The molecule has 0 spiro atoms. The van der Waals surface area contributed by atoms with Gasteiger partial charge in [0.05, 0.1) is 0 Å². The van der Waals surface area contributed by atoms with E-state index in [0.29, 0.717) is 13.0 Å². The van der Waals surface area contributed by atoms with E-state index in [2.05, 4.69) is 5.32 Å². The Balaban J connectivity index is 2.54. The molecule has 0 aliphatic rings. The first-order valence-corrected chi connectivity index (χ1v) is 5.52. The van der Waals surface area contributed by atoms with Crippen LogP contribution < -0.4 is 5.32 Å². The van der Waals surface area contributed by atoms with E-state index in [9.17, 15) is 4.79 Å². The van der Waals surface area contributed by atoms with E-state index >= 15 is 0 Å². The minimum atomic E-state index is -0.818. The molecule has 78 valence electrons. The van der Waals surface area contributed by atoms with E-state index in [1.807, 2.05) is 23.8 Å². The van der Waals surface area contributed by atoms with Crippen molar-refractivity contribution in [2.24, 2.45) is 0 Å². The van der Waals surface area contributed by atoms with E-state index in [0.717, 1.165) is 5.56 Å². The molecule has 1 aromatic heterocycles. The van der Waals surface area contributed by atoms with Gasteiger partial charge in [-0.05, 0) is 35.7 Å². The first kappa shape index (κ1) is 11.2. The maximum absolute atomic E-state index is 11.0. The highest BCUT2D eigenvalue weighted by Crippen LogP contribution is 2.12. The number of rotatable bonds is 5. The maximum atomic E-state index is 11.0. The molecule has 0 saturated carbocycles. The lowest BCUT2D eigenvalue weighted by Gasteiger charge is -2.24. The lowest BCUT2D eigenvalue weighted by atomic mass is 9.99. The van der Waals surface area contributed by atoms with Crippen molar-refractivity contribution in [3.05, 3.63) is 22.4 Å². The van der Waals surface area contributed by atoms with Gasteiger partial charge in [0.2, 0.25) is 0 Å². The van der Waals surface area contributed by atoms with Gasteiger partial charge in [0.15, 0.2) is 0 Å². The molecule has 0 saturated heterocycles. The van der Waals surface area contributed by atoms with Gasteiger partial charge >= 0.3 is 5.97 Å². The molecule has 1 atom stereocenters. The van der Waals surface area contributed by atoms with Crippen molar-refractivity contribution in [2.45, 2.75) is 32.4 Å². The predicted octanol–water partition coefficient (Wildman–Crippen LogP) is 2.09. The Morgan fingerprint density at radius 1 is 1.71 bits per heavy atom. The zero-order chi connectivity index (χ0) is 10.6. The fraction of sp³-hybridized carbons (Fsp3) is 0.500. The molecule has 0 aliphatic heterocycles. The summed E-state index contributed by atoms with van der Waals surface area (Å²) >= 11 is 1.62. The molecule has 1 rings (SSSR count). The van der Waals surface area contributed by atoms with Gasteiger partial charge < -0.3 is 5.11 Å². The average Bonchev–Trinajstić information content (AvgIpc) is 2.66. The summed E-state index contributed by atoms with van der Waals surface area (Å²) in [5.41, 5.74) is 0.318. The smallest absolute Gasteiger partial charge is 0.323 e. The third-order valence-electron chi connectivity index (χ3n) is 2.44. The van der Waals surface area contributed by atoms with Crippen LogP contribution in [0.1, 0.15) is 25.8 Å². The second kappa shape index (κ2) is 4.57. The molecule has 3 nitrogen and oxygen atoms in total. The Bertz CT molecular complexity index is 297. The van der Waals surface area contributed by atoms with Crippen LogP contribution in [0, 0.1) is 0 Å². The summed E-state index contributed by atoms with van der Waals surface area (Å²) in [4.78, 5) is 11.0. The number of carboxylic acid groups (broad SMARTS) is 1. The highest BCUT2D eigenvalue weighted by molar-refractivity contribution is 7.07. The summed E-state index contributed by atoms with van der Waals surface area (Å²) in [7, 11) is 0. The second-order valence-corrected chi connectivity index (χ2v) is 4.26. The molecule has 1 heterocycles. The number of nitrogens with one attached hydrogen (secondary N) is 1. The summed E-state index contributed by atoms with van der Waals surface area (Å²) in [6.07, 6.45) is 0.576. The van der Waals surface area contributed by atoms with Crippen LogP contribution in [0.4, 0.5) is 0 Å². The lowest BCUT2D eigenvalue weighted by Crippen LogP contribution is -2.48. The molecule has 1 aromatic rings. The molecule has 4 heteroatoms. The summed E-state index contributed by atoms with van der Waals surface area (Å²) in [5.74, 6) is -0.796. The summed E-state index contributed by atoms with van der Waals surface area (Å²) in [6.45, 7) is 4.19.